The van der Waals surface area contributed by atoms with Gasteiger partial charge < -0.3 is 9.30 Å². The van der Waals surface area contributed by atoms with Crippen molar-refractivity contribution in [3.63, 3.8) is 0 Å². The van der Waals surface area contributed by atoms with Crippen molar-refractivity contribution in [3.8, 4) is 5.75 Å². The first-order chi connectivity index (χ1) is 14.4. The first-order valence-electron chi connectivity index (χ1n) is 10.3. The molecule has 0 bridgehead atoms. The Bertz CT molecular complexity index is 1160. The smallest absolute Gasteiger partial charge is 0.147 e. The van der Waals surface area contributed by atoms with E-state index in [-0.39, 0.29) is 5.82 Å². The molecule has 4 heteroatoms. The van der Waals surface area contributed by atoms with Crippen LogP contribution in [0.15, 0.2) is 60.8 Å². The number of nitrogens with zero attached hydrogens (tertiary/aromatic N) is 2. The van der Waals surface area contributed by atoms with Crippen LogP contribution in [0.2, 0.25) is 0 Å². The Balaban J connectivity index is 1.66. The standard InChI is InChI=1S/C26H27FN2O/c1-17(2)22-9-5-21(6-10-22)16-30-24-13-14-28-25-18(3)19(4)29(26(24)25)15-20-7-11-23(27)12-8-20/h5-14,17H,15-16H2,1-4H3. The molecule has 0 fully saturated rings. The zero-order chi connectivity index (χ0) is 21.3. The second kappa shape index (κ2) is 8.31. The van der Waals surface area contributed by atoms with Crippen LogP contribution >= 0.6 is 0 Å². The van der Waals surface area contributed by atoms with Crippen molar-refractivity contribution in [2.45, 2.75) is 46.8 Å². The third-order valence-corrected chi connectivity index (χ3v) is 5.75. The molecule has 0 atom stereocenters. The van der Waals surface area contributed by atoms with E-state index >= 15 is 0 Å². The molecule has 0 saturated carbocycles. The lowest BCUT2D eigenvalue weighted by Gasteiger charge is -2.13. The quantitative estimate of drug-likeness (QED) is 0.366. The largest absolute Gasteiger partial charge is 0.487 e. The minimum atomic E-state index is -0.224. The summed E-state index contributed by atoms with van der Waals surface area (Å²) < 4.78 is 21.8. The van der Waals surface area contributed by atoms with Gasteiger partial charge in [0.1, 0.15) is 23.7 Å². The number of fused-ring (bicyclic) bond motifs is 1. The summed E-state index contributed by atoms with van der Waals surface area (Å²) in [7, 11) is 0. The van der Waals surface area contributed by atoms with Gasteiger partial charge in [0, 0.05) is 24.5 Å². The van der Waals surface area contributed by atoms with Crippen LogP contribution in [0, 0.1) is 19.7 Å². The Kier molecular flexibility index (Phi) is 5.58. The normalized spacial score (nSPS) is 11.4. The zero-order valence-corrected chi connectivity index (χ0v) is 17.9. The molecular formula is C26H27FN2O. The van der Waals surface area contributed by atoms with Crippen LogP contribution < -0.4 is 4.74 Å². The number of aryl methyl sites for hydroxylation is 1. The molecule has 0 aliphatic carbocycles. The van der Waals surface area contributed by atoms with Gasteiger partial charge in [-0.1, -0.05) is 50.2 Å². The summed E-state index contributed by atoms with van der Waals surface area (Å²) in [4.78, 5) is 4.60. The minimum absolute atomic E-state index is 0.224. The average Bonchev–Trinajstić information content (AvgIpc) is 2.99. The summed E-state index contributed by atoms with van der Waals surface area (Å²) in [6.07, 6.45) is 1.80. The van der Waals surface area contributed by atoms with E-state index in [0.29, 0.717) is 19.1 Å². The molecule has 0 N–H and O–H groups in total. The summed E-state index contributed by atoms with van der Waals surface area (Å²) in [5.74, 6) is 1.10. The highest BCUT2D eigenvalue weighted by Gasteiger charge is 2.17. The van der Waals surface area contributed by atoms with Gasteiger partial charge in [0.15, 0.2) is 0 Å². The van der Waals surface area contributed by atoms with Crippen LogP contribution in [0.3, 0.4) is 0 Å². The van der Waals surface area contributed by atoms with E-state index in [9.17, 15) is 4.39 Å². The number of halogens is 1. The first kappa shape index (κ1) is 20.1. The lowest BCUT2D eigenvalue weighted by Crippen LogP contribution is -2.04. The Hall–Kier alpha value is -3.14. The summed E-state index contributed by atoms with van der Waals surface area (Å²) in [6, 6.07) is 17.1. The van der Waals surface area contributed by atoms with Crippen LogP contribution in [0.5, 0.6) is 5.75 Å². The van der Waals surface area contributed by atoms with Crippen LogP contribution in [-0.4, -0.2) is 9.55 Å². The van der Waals surface area contributed by atoms with Gasteiger partial charge in [-0.15, -0.1) is 0 Å². The summed E-state index contributed by atoms with van der Waals surface area (Å²) in [6.45, 7) is 9.70. The fourth-order valence-corrected chi connectivity index (χ4v) is 3.76. The van der Waals surface area contributed by atoms with Crippen molar-refractivity contribution in [2.75, 3.05) is 0 Å². The maximum Gasteiger partial charge on any atom is 0.147 e. The molecule has 2 aromatic carbocycles. The van der Waals surface area contributed by atoms with Crippen LogP contribution in [-0.2, 0) is 13.2 Å². The monoisotopic (exact) mass is 402 g/mol. The molecule has 4 rings (SSSR count). The third kappa shape index (κ3) is 3.95. The van der Waals surface area contributed by atoms with E-state index in [1.807, 2.05) is 18.2 Å². The highest BCUT2D eigenvalue weighted by molar-refractivity contribution is 5.86. The van der Waals surface area contributed by atoms with Crippen LogP contribution in [0.1, 0.15) is 47.7 Å². The van der Waals surface area contributed by atoms with Crippen molar-refractivity contribution in [1.82, 2.24) is 9.55 Å². The van der Waals surface area contributed by atoms with Crippen molar-refractivity contribution in [1.29, 1.82) is 0 Å². The molecule has 0 unspecified atom stereocenters. The molecule has 4 aromatic rings. The van der Waals surface area contributed by atoms with E-state index in [1.165, 1.54) is 17.7 Å². The number of pyridine rings is 1. The van der Waals surface area contributed by atoms with Crippen LogP contribution in [0.25, 0.3) is 11.0 Å². The first-order valence-corrected chi connectivity index (χ1v) is 10.3. The maximum absolute atomic E-state index is 13.3. The summed E-state index contributed by atoms with van der Waals surface area (Å²) in [5, 5.41) is 0. The van der Waals surface area contributed by atoms with Gasteiger partial charge >= 0.3 is 0 Å². The SMILES string of the molecule is Cc1c(C)n(Cc2ccc(F)cc2)c2c(OCc3ccc(C(C)C)cc3)ccnc12. The van der Waals surface area contributed by atoms with Crippen molar-refractivity contribution >= 4 is 11.0 Å². The van der Waals surface area contributed by atoms with Crippen molar-refractivity contribution in [2.24, 2.45) is 0 Å². The molecule has 0 saturated heterocycles. The van der Waals surface area contributed by atoms with E-state index in [2.05, 4.69) is 61.5 Å². The van der Waals surface area contributed by atoms with Gasteiger partial charge in [-0.05, 0) is 54.2 Å². The molecule has 30 heavy (non-hydrogen) atoms. The predicted molar refractivity (Wildman–Crippen MR) is 120 cm³/mol. The van der Waals surface area contributed by atoms with E-state index in [1.54, 1.807) is 6.20 Å². The van der Waals surface area contributed by atoms with Crippen molar-refractivity contribution < 1.29 is 9.13 Å². The van der Waals surface area contributed by atoms with Gasteiger partial charge in [-0.25, -0.2) is 4.39 Å². The number of rotatable bonds is 6. The second-order valence-electron chi connectivity index (χ2n) is 8.11. The summed E-state index contributed by atoms with van der Waals surface area (Å²) >= 11 is 0. The Morgan fingerprint density at radius 1 is 0.933 bits per heavy atom. The molecule has 0 spiro atoms. The number of hydrogen-bond acceptors (Lipinski definition) is 2. The number of hydrogen-bond donors (Lipinski definition) is 0. The molecule has 3 nitrogen and oxygen atoms in total. The molecule has 154 valence electrons. The van der Waals surface area contributed by atoms with Gasteiger partial charge in [-0.3, -0.25) is 4.98 Å². The zero-order valence-electron chi connectivity index (χ0n) is 17.9. The number of aromatic nitrogens is 2. The number of benzene rings is 2. The Morgan fingerprint density at radius 3 is 2.27 bits per heavy atom. The van der Waals surface area contributed by atoms with E-state index in [4.69, 9.17) is 4.74 Å². The van der Waals surface area contributed by atoms with Gasteiger partial charge in [0.05, 0.1) is 5.52 Å². The van der Waals surface area contributed by atoms with Gasteiger partial charge in [0.25, 0.3) is 0 Å². The minimum Gasteiger partial charge on any atom is -0.487 e. The topological polar surface area (TPSA) is 27.1 Å². The maximum atomic E-state index is 13.3. The lowest BCUT2D eigenvalue weighted by molar-refractivity contribution is 0.308. The second-order valence-corrected chi connectivity index (χ2v) is 8.11. The lowest BCUT2D eigenvalue weighted by atomic mass is 10.0. The molecule has 0 radical (unpaired) electrons. The molecule has 0 aliphatic rings. The molecule has 0 amide bonds. The van der Waals surface area contributed by atoms with E-state index < -0.39 is 0 Å². The number of ether oxygens (including phenoxy) is 1. The Labute approximate surface area is 177 Å². The summed E-state index contributed by atoms with van der Waals surface area (Å²) in [5.41, 5.74) is 7.70. The Morgan fingerprint density at radius 2 is 1.60 bits per heavy atom. The average molecular weight is 403 g/mol. The fraction of sp³-hybridized carbons (Fsp3) is 0.269. The molecule has 2 heterocycles. The van der Waals surface area contributed by atoms with Crippen molar-refractivity contribution in [3.05, 3.63) is 94.6 Å². The molecule has 2 aromatic heterocycles. The predicted octanol–water partition coefficient (Wildman–Crippen LogP) is 6.54. The van der Waals surface area contributed by atoms with Gasteiger partial charge in [0.2, 0.25) is 0 Å². The third-order valence-electron chi connectivity index (χ3n) is 5.75. The highest BCUT2D eigenvalue weighted by atomic mass is 19.1. The van der Waals surface area contributed by atoms with Crippen LogP contribution in [0.4, 0.5) is 4.39 Å². The van der Waals surface area contributed by atoms with E-state index in [0.717, 1.165) is 39.2 Å². The fourth-order valence-electron chi connectivity index (χ4n) is 3.76. The van der Waals surface area contributed by atoms with Gasteiger partial charge in [-0.2, -0.15) is 0 Å². The molecular weight excluding hydrogens is 375 g/mol. The molecule has 0 aliphatic heterocycles. The highest BCUT2D eigenvalue weighted by Crippen LogP contribution is 2.32.